The third kappa shape index (κ3) is 7.47. The van der Waals surface area contributed by atoms with Crippen LogP contribution < -0.4 is 4.57 Å². The number of rotatable bonds is 3. The molecule has 1 rings (SSSR count). The van der Waals surface area contributed by atoms with Crippen molar-refractivity contribution in [3.63, 3.8) is 0 Å². The van der Waals surface area contributed by atoms with E-state index in [0.29, 0.717) is 0 Å². The summed E-state index contributed by atoms with van der Waals surface area (Å²) in [6.45, 7) is 4.88. The van der Waals surface area contributed by atoms with Crippen LogP contribution in [0.5, 0.6) is 0 Å². The van der Waals surface area contributed by atoms with Gasteiger partial charge in [-0.1, -0.05) is 6.58 Å². The Morgan fingerprint density at radius 3 is 2.50 bits per heavy atom. The molecule has 0 atom stereocenters. The summed E-state index contributed by atoms with van der Waals surface area (Å²) < 4.78 is 33.8. The molecular formula is C7H12N2O4S. The number of nitrogens with one attached hydrogen (secondary N) is 1. The van der Waals surface area contributed by atoms with Crippen molar-refractivity contribution in [2.45, 2.75) is 6.92 Å². The normalized spacial score (nSPS) is 10.1. The second-order valence-corrected chi connectivity index (χ2v) is 3.11. The van der Waals surface area contributed by atoms with Crippen LogP contribution in [0.25, 0.3) is 6.20 Å². The van der Waals surface area contributed by atoms with E-state index in [9.17, 15) is 13.0 Å². The van der Waals surface area contributed by atoms with E-state index in [1.54, 1.807) is 6.20 Å². The van der Waals surface area contributed by atoms with Gasteiger partial charge in [-0.15, -0.1) is 0 Å². The molecule has 0 amide bonds. The summed E-state index contributed by atoms with van der Waals surface area (Å²) in [6.07, 6.45) is 7.25. The molecule has 1 aromatic heterocycles. The highest BCUT2D eigenvalue weighted by molar-refractivity contribution is 7.80. The van der Waals surface area contributed by atoms with Crippen molar-refractivity contribution in [3.05, 3.63) is 25.3 Å². The van der Waals surface area contributed by atoms with Gasteiger partial charge in [0.05, 0.1) is 12.8 Å². The number of hydrogen-bond donors (Lipinski definition) is 1. The van der Waals surface area contributed by atoms with Gasteiger partial charge < -0.3 is 4.55 Å². The van der Waals surface area contributed by atoms with E-state index in [0.717, 1.165) is 0 Å². The first-order valence-corrected chi connectivity index (χ1v) is 5.09. The highest BCUT2D eigenvalue weighted by atomic mass is 32.3. The minimum Gasteiger partial charge on any atom is -0.726 e. The molecule has 6 nitrogen and oxygen atoms in total. The Bertz CT molecular complexity index is 344. The molecule has 0 saturated heterocycles. The molecule has 80 valence electrons. The summed E-state index contributed by atoms with van der Waals surface area (Å²) in [5, 5.41) is 0. The maximum atomic E-state index is 9.45. The van der Waals surface area contributed by atoms with Crippen LogP contribution in [0.3, 0.4) is 0 Å². The third-order valence-electron chi connectivity index (χ3n) is 1.04. The first kappa shape index (κ1) is 12.8. The first-order valence-electron chi connectivity index (χ1n) is 3.76. The molecule has 0 aliphatic heterocycles. The Balaban J connectivity index is 0.000000241. The van der Waals surface area contributed by atoms with Crippen LogP contribution >= 0.6 is 0 Å². The van der Waals surface area contributed by atoms with Gasteiger partial charge >= 0.3 is 0 Å². The predicted molar refractivity (Wildman–Crippen MR) is 48.7 cm³/mol. The lowest BCUT2D eigenvalue weighted by molar-refractivity contribution is -0.566. The van der Waals surface area contributed by atoms with Crippen LogP contribution in [-0.4, -0.2) is 24.6 Å². The van der Waals surface area contributed by atoms with Crippen molar-refractivity contribution >= 4 is 16.6 Å². The number of imidazole rings is 1. The summed E-state index contributed by atoms with van der Waals surface area (Å²) in [6, 6.07) is 0. The van der Waals surface area contributed by atoms with Crippen molar-refractivity contribution in [1.82, 2.24) is 4.98 Å². The zero-order valence-corrected chi connectivity index (χ0v) is 8.53. The second-order valence-electron chi connectivity index (χ2n) is 2.06. The average Bonchev–Trinajstić information content (AvgIpc) is 2.54. The predicted octanol–water partition coefficient (Wildman–Crippen LogP) is -0.114. The van der Waals surface area contributed by atoms with Gasteiger partial charge in [-0.25, -0.2) is 18.0 Å². The van der Waals surface area contributed by atoms with Crippen molar-refractivity contribution < 1.29 is 21.7 Å². The quantitative estimate of drug-likeness (QED) is 0.437. The standard InChI is InChI=1S/C5H6N2.C2H6O4S/c1-2-7-4-3-6-5-7;1-2-6-7(3,4)5/h2-5H,1H2;2H2,1H3,(H,3,4,5). The number of nitrogens with zero attached hydrogens (tertiary/aromatic N) is 1. The first-order chi connectivity index (χ1) is 6.49. The lowest BCUT2D eigenvalue weighted by atomic mass is 10.9. The lowest BCUT2D eigenvalue weighted by Crippen LogP contribution is -2.19. The molecule has 0 unspecified atom stereocenters. The Labute approximate surface area is 82.8 Å². The Kier molecular flexibility index (Phi) is 5.77. The summed E-state index contributed by atoms with van der Waals surface area (Å²) in [5.41, 5.74) is 0. The van der Waals surface area contributed by atoms with E-state index >= 15 is 0 Å². The third-order valence-corrected chi connectivity index (χ3v) is 1.56. The van der Waals surface area contributed by atoms with E-state index in [-0.39, 0.29) is 6.61 Å². The van der Waals surface area contributed by atoms with Crippen LogP contribution in [-0.2, 0) is 14.6 Å². The topological polar surface area (TPSA) is 86.1 Å². The van der Waals surface area contributed by atoms with Gasteiger partial charge in [0, 0.05) is 0 Å². The molecule has 0 bridgehead atoms. The Morgan fingerprint density at radius 2 is 2.36 bits per heavy atom. The molecule has 14 heavy (non-hydrogen) atoms. The van der Waals surface area contributed by atoms with Gasteiger partial charge in [-0.3, -0.25) is 4.18 Å². The Hall–Kier alpha value is -1.18. The fourth-order valence-corrected chi connectivity index (χ4v) is 0.848. The average molecular weight is 220 g/mol. The fourth-order valence-electron chi connectivity index (χ4n) is 0.559. The van der Waals surface area contributed by atoms with E-state index in [4.69, 9.17) is 0 Å². The minimum absolute atomic E-state index is 0.0914. The molecule has 0 spiro atoms. The van der Waals surface area contributed by atoms with E-state index in [1.165, 1.54) is 6.92 Å². The summed E-state index contributed by atoms with van der Waals surface area (Å²) in [5.74, 6) is 0. The summed E-state index contributed by atoms with van der Waals surface area (Å²) >= 11 is 0. The van der Waals surface area contributed by atoms with Gasteiger partial charge in [0.15, 0.2) is 0 Å². The highest BCUT2D eigenvalue weighted by Gasteiger charge is 1.85. The maximum absolute atomic E-state index is 9.45. The maximum Gasteiger partial charge on any atom is 0.246 e. The van der Waals surface area contributed by atoms with Crippen LogP contribution in [0.4, 0.5) is 0 Å². The van der Waals surface area contributed by atoms with E-state index < -0.39 is 10.4 Å². The second kappa shape index (κ2) is 6.30. The van der Waals surface area contributed by atoms with E-state index in [1.807, 2.05) is 23.3 Å². The molecule has 0 fully saturated rings. The number of hydrogen-bond acceptors (Lipinski definition) is 4. The number of aromatic nitrogens is 2. The smallest absolute Gasteiger partial charge is 0.246 e. The van der Waals surface area contributed by atoms with Crippen molar-refractivity contribution in [1.29, 1.82) is 0 Å². The van der Waals surface area contributed by atoms with Gasteiger partial charge in [0.1, 0.15) is 12.4 Å². The number of H-pyrrole nitrogens is 1. The van der Waals surface area contributed by atoms with Crippen molar-refractivity contribution in [3.8, 4) is 0 Å². The van der Waals surface area contributed by atoms with Gasteiger partial charge in [-0.05, 0) is 6.92 Å². The molecule has 0 saturated carbocycles. The SMILES string of the molecule is C=C[n+]1cc[nH]c1.CCOS(=O)(=O)[O-]. The zero-order chi connectivity index (χ0) is 11.0. The lowest BCUT2D eigenvalue weighted by Gasteiger charge is -2.02. The van der Waals surface area contributed by atoms with Crippen molar-refractivity contribution in [2.75, 3.05) is 6.61 Å². The van der Waals surface area contributed by atoms with Crippen LogP contribution in [0, 0.1) is 0 Å². The zero-order valence-electron chi connectivity index (χ0n) is 7.71. The van der Waals surface area contributed by atoms with Crippen LogP contribution in [0.15, 0.2) is 25.3 Å². The van der Waals surface area contributed by atoms with Gasteiger partial charge in [0.25, 0.3) is 0 Å². The highest BCUT2D eigenvalue weighted by Crippen LogP contribution is 1.80. The minimum atomic E-state index is -4.42. The molecule has 0 radical (unpaired) electrons. The van der Waals surface area contributed by atoms with Crippen molar-refractivity contribution in [2.24, 2.45) is 0 Å². The van der Waals surface area contributed by atoms with Gasteiger partial charge in [0.2, 0.25) is 16.7 Å². The fraction of sp³-hybridized carbons (Fsp3) is 0.286. The van der Waals surface area contributed by atoms with E-state index in [2.05, 4.69) is 15.7 Å². The Morgan fingerprint density at radius 1 is 1.71 bits per heavy atom. The molecule has 0 aromatic carbocycles. The monoisotopic (exact) mass is 220 g/mol. The molecule has 0 aliphatic rings. The molecule has 0 aliphatic carbocycles. The van der Waals surface area contributed by atoms with Crippen LogP contribution in [0.2, 0.25) is 0 Å². The molecule has 1 N–H and O–H groups in total. The molecule has 7 heteroatoms. The summed E-state index contributed by atoms with van der Waals surface area (Å²) in [4.78, 5) is 2.87. The largest absolute Gasteiger partial charge is 0.726 e. The summed E-state index contributed by atoms with van der Waals surface area (Å²) in [7, 11) is -4.42. The molecule has 1 aromatic rings. The molecule has 1 heterocycles. The number of aromatic amines is 1. The molecular weight excluding hydrogens is 208 g/mol. The van der Waals surface area contributed by atoms with Gasteiger partial charge in [-0.2, -0.15) is 0 Å². The van der Waals surface area contributed by atoms with Crippen LogP contribution in [0.1, 0.15) is 6.92 Å².